The minimum Gasteiger partial charge on any atom is -0.490 e. The molecule has 0 bridgehead atoms. The smallest absolute Gasteiger partial charge is 0.251 e. The van der Waals surface area contributed by atoms with E-state index in [-0.39, 0.29) is 5.91 Å². The molecule has 3 aromatic carbocycles. The highest BCUT2D eigenvalue weighted by Crippen LogP contribution is 2.28. The first-order chi connectivity index (χ1) is 17.6. The summed E-state index contributed by atoms with van der Waals surface area (Å²) in [5.74, 6) is 1.65. The van der Waals surface area contributed by atoms with E-state index in [0.717, 1.165) is 22.4 Å². The van der Waals surface area contributed by atoms with E-state index in [1.54, 1.807) is 24.5 Å². The molecule has 1 amide bonds. The minimum atomic E-state index is -0.180. The van der Waals surface area contributed by atoms with Crippen LogP contribution >= 0.6 is 0 Å². The van der Waals surface area contributed by atoms with Crippen LogP contribution in [0.3, 0.4) is 0 Å². The number of nitrogens with zero attached hydrogens (tertiary/aromatic N) is 2. The Balaban J connectivity index is 1.38. The predicted molar refractivity (Wildman–Crippen MR) is 142 cm³/mol. The third-order valence-electron chi connectivity index (χ3n) is 5.48. The molecule has 0 fully saturated rings. The van der Waals surface area contributed by atoms with Crippen molar-refractivity contribution in [1.82, 2.24) is 15.3 Å². The summed E-state index contributed by atoms with van der Waals surface area (Å²) in [6.07, 6.45) is 3.56. The predicted octanol–water partition coefficient (Wildman–Crippen LogP) is 5.92. The average Bonchev–Trinajstić information content (AvgIpc) is 2.90. The lowest BCUT2D eigenvalue weighted by Crippen LogP contribution is -2.22. The second-order valence-electron chi connectivity index (χ2n) is 8.20. The number of hydrogen-bond donors (Lipinski definition) is 2. The number of amides is 1. The highest BCUT2D eigenvalue weighted by molar-refractivity contribution is 5.95. The number of aryl methyl sites for hydroxylation is 1. The van der Waals surface area contributed by atoms with Crippen molar-refractivity contribution in [3.05, 3.63) is 95.8 Å². The summed E-state index contributed by atoms with van der Waals surface area (Å²) in [5.41, 5.74) is 5.39. The zero-order valence-corrected chi connectivity index (χ0v) is 20.7. The van der Waals surface area contributed by atoms with Crippen molar-refractivity contribution in [3.8, 4) is 22.6 Å². The lowest BCUT2D eigenvalue weighted by atomic mass is 10.1. The third kappa shape index (κ3) is 6.39. The SMILES string of the molecule is CCOc1ccc(CNC(=O)c2cccc(Nc3ncc(-c4ccc(C)cc4)cn3)c2)cc1OCC. The standard InChI is InChI=1S/C29H30N4O3/c1-4-35-26-14-11-21(15-27(26)36-5-2)17-30-28(34)23-7-6-8-25(16-23)33-29-31-18-24(19-32-29)22-12-9-20(3)10-13-22/h6-16,18-19H,4-5,17H2,1-3H3,(H,30,34)(H,31,32,33). The van der Waals surface area contributed by atoms with Crippen LogP contribution in [0.5, 0.6) is 11.5 Å². The van der Waals surface area contributed by atoms with Gasteiger partial charge in [0.25, 0.3) is 5.91 Å². The molecular formula is C29H30N4O3. The Bertz CT molecular complexity index is 1310. The molecule has 7 nitrogen and oxygen atoms in total. The number of rotatable bonds is 10. The second kappa shape index (κ2) is 11.8. The van der Waals surface area contributed by atoms with Gasteiger partial charge in [0.2, 0.25) is 5.95 Å². The number of aromatic nitrogens is 2. The zero-order valence-electron chi connectivity index (χ0n) is 20.7. The van der Waals surface area contributed by atoms with E-state index < -0.39 is 0 Å². The van der Waals surface area contributed by atoms with Gasteiger partial charge in [-0.15, -0.1) is 0 Å². The van der Waals surface area contributed by atoms with Crippen LogP contribution in [0.1, 0.15) is 35.3 Å². The van der Waals surface area contributed by atoms with Gasteiger partial charge in [0, 0.05) is 35.8 Å². The van der Waals surface area contributed by atoms with Gasteiger partial charge >= 0.3 is 0 Å². The average molecular weight is 483 g/mol. The Morgan fingerprint density at radius 1 is 0.833 bits per heavy atom. The Kier molecular flexibility index (Phi) is 8.13. The Labute approximate surface area is 211 Å². The summed E-state index contributed by atoms with van der Waals surface area (Å²) >= 11 is 0. The summed E-state index contributed by atoms with van der Waals surface area (Å²) in [7, 11) is 0. The van der Waals surface area contributed by atoms with Gasteiger partial charge in [-0.3, -0.25) is 4.79 Å². The second-order valence-corrected chi connectivity index (χ2v) is 8.20. The van der Waals surface area contributed by atoms with Gasteiger partial charge in [-0.05, 0) is 62.2 Å². The first kappa shape index (κ1) is 24.7. The minimum absolute atomic E-state index is 0.180. The van der Waals surface area contributed by atoms with E-state index in [4.69, 9.17) is 9.47 Å². The number of hydrogen-bond acceptors (Lipinski definition) is 6. The molecule has 0 aliphatic rings. The molecule has 0 aliphatic carbocycles. The lowest BCUT2D eigenvalue weighted by molar-refractivity contribution is 0.0951. The highest BCUT2D eigenvalue weighted by atomic mass is 16.5. The number of benzene rings is 3. The maximum absolute atomic E-state index is 12.8. The molecule has 36 heavy (non-hydrogen) atoms. The van der Waals surface area contributed by atoms with Gasteiger partial charge in [-0.1, -0.05) is 42.0 Å². The summed E-state index contributed by atoms with van der Waals surface area (Å²) in [4.78, 5) is 21.6. The van der Waals surface area contributed by atoms with E-state index in [1.807, 2.05) is 56.3 Å². The van der Waals surface area contributed by atoms with Crippen LogP contribution in [0.2, 0.25) is 0 Å². The molecule has 0 saturated heterocycles. The molecule has 4 rings (SSSR count). The highest BCUT2D eigenvalue weighted by Gasteiger charge is 2.10. The maximum Gasteiger partial charge on any atom is 0.251 e. The van der Waals surface area contributed by atoms with Crippen molar-refractivity contribution in [1.29, 1.82) is 0 Å². The number of nitrogens with one attached hydrogen (secondary N) is 2. The topological polar surface area (TPSA) is 85.4 Å². The van der Waals surface area contributed by atoms with Crippen molar-refractivity contribution in [3.63, 3.8) is 0 Å². The summed E-state index contributed by atoms with van der Waals surface area (Å²) in [6.45, 7) is 7.37. The van der Waals surface area contributed by atoms with Gasteiger partial charge in [0.05, 0.1) is 13.2 Å². The van der Waals surface area contributed by atoms with E-state index >= 15 is 0 Å². The van der Waals surface area contributed by atoms with Crippen molar-refractivity contribution in [2.75, 3.05) is 18.5 Å². The fraction of sp³-hybridized carbons (Fsp3) is 0.207. The van der Waals surface area contributed by atoms with Crippen LogP contribution in [0.15, 0.2) is 79.1 Å². The molecule has 4 aromatic rings. The molecule has 1 heterocycles. The first-order valence-corrected chi connectivity index (χ1v) is 12.0. The molecule has 0 unspecified atom stereocenters. The monoisotopic (exact) mass is 482 g/mol. The van der Waals surface area contributed by atoms with Crippen LogP contribution < -0.4 is 20.1 Å². The summed E-state index contributed by atoms with van der Waals surface area (Å²) in [6, 6.07) is 21.1. The molecule has 0 saturated carbocycles. The van der Waals surface area contributed by atoms with Gasteiger partial charge in [0.15, 0.2) is 11.5 Å². The Morgan fingerprint density at radius 3 is 2.28 bits per heavy atom. The van der Waals surface area contributed by atoms with Crippen molar-refractivity contribution < 1.29 is 14.3 Å². The zero-order chi connectivity index (χ0) is 25.3. The Morgan fingerprint density at radius 2 is 1.56 bits per heavy atom. The molecule has 1 aromatic heterocycles. The molecule has 0 atom stereocenters. The van der Waals surface area contributed by atoms with Gasteiger partial charge < -0.3 is 20.1 Å². The van der Waals surface area contributed by atoms with Gasteiger partial charge in [0.1, 0.15) is 0 Å². The first-order valence-electron chi connectivity index (χ1n) is 12.0. The molecule has 0 aliphatic heterocycles. The molecule has 0 radical (unpaired) electrons. The van der Waals surface area contributed by atoms with Crippen LogP contribution in [0.25, 0.3) is 11.1 Å². The Hall–Kier alpha value is -4.39. The summed E-state index contributed by atoms with van der Waals surface area (Å²) < 4.78 is 11.3. The number of ether oxygens (including phenoxy) is 2. The van der Waals surface area contributed by atoms with E-state index in [2.05, 4.69) is 39.7 Å². The van der Waals surface area contributed by atoms with Gasteiger partial charge in [-0.2, -0.15) is 0 Å². The molecule has 7 heteroatoms. The van der Waals surface area contributed by atoms with Crippen molar-refractivity contribution in [2.24, 2.45) is 0 Å². The fourth-order valence-corrected chi connectivity index (χ4v) is 3.64. The van der Waals surface area contributed by atoms with Crippen LogP contribution in [0.4, 0.5) is 11.6 Å². The number of anilines is 2. The lowest BCUT2D eigenvalue weighted by Gasteiger charge is -2.13. The maximum atomic E-state index is 12.8. The van der Waals surface area contributed by atoms with Crippen LogP contribution in [-0.2, 0) is 6.54 Å². The number of carbonyl (C=O) groups is 1. The largest absolute Gasteiger partial charge is 0.490 e. The molecular weight excluding hydrogens is 452 g/mol. The van der Waals surface area contributed by atoms with Crippen molar-refractivity contribution >= 4 is 17.5 Å². The molecule has 0 spiro atoms. The third-order valence-corrected chi connectivity index (χ3v) is 5.48. The summed E-state index contributed by atoms with van der Waals surface area (Å²) in [5, 5.41) is 6.13. The fourth-order valence-electron chi connectivity index (χ4n) is 3.64. The quantitative estimate of drug-likeness (QED) is 0.292. The van der Waals surface area contributed by atoms with Crippen molar-refractivity contribution in [2.45, 2.75) is 27.3 Å². The van der Waals surface area contributed by atoms with E-state index in [1.165, 1.54) is 5.56 Å². The molecule has 2 N–H and O–H groups in total. The number of carbonyl (C=O) groups excluding carboxylic acids is 1. The normalized spacial score (nSPS) is 10.5. The van der Waals surface area contributed by atoms with Crippen LogP contribution in [-0.4, -0.2) is 29.1 Å². The van der Waals surface area contributed by atoms with Crippen LogP contribution in [0, 0.1) is 6.92 Å². The van der Waals surface area contributed by atoms with Gasteiger partial charge in [-0.25, -0.2) is 9.97 Å². The van der Waals surface area contributed by atoms with E-state index in [0.29, 0.717) is 42.8 Å². The molecule has 184 valence electrons. The van der Waals surface area contributed by atoms with E-state index in [9.17, 15) is 4.79 Å².